The topological polar surface area (TPSA) is 41.1 Å². The Morgan fingerprint density at radius 2 is 1.82 bits per heavy atom. The number of amides is 1. The zero-order chi connectivity index (χ0) is 16.1. The minimum absolute atomic E-state index is 0.0409. The third-order valence-electron chi connectivity index (χ3n) is 3.39. The van der Waals surface area contributed by atoms with E-state index in [1.165, 1.54) is 5.56 Å². The lowest BCUT2D eigenvalue weighted by atomic mass is 10.1. The van der Waals surface area contributed by atoms with Gasteiger partial charge in [0.25, 0.3) is 0 Å². The summed E-state index contributed by atoms with van der Waals surface area (Å²) in [6.45, 7) is 4.56. The normalized spacial score (nSPS) is 10.4. The number of hydrogen-bond donors (Lipinski definition) is 2. The summed E-state index contributed by atoms with van der Waals surface area (Å²) in [7, 11) is 0. The Labute approximate surface area is 140 Å². The molecule has 0 bridgehead atoms. The number of carbonyl (C=O) groups is 1. The van der Waals surface area contributed by atoms with Gasteiger partial charge in [0.2, 0.25) is 5.91 Å². The lowest BCUT2D eigenvalue weighted by molar-refractivity contribution is -0.115. The SMILES string of the molecule is Cc1ccc(NC(=O)CCNc2ccc(Cl)cc2Cl)cc1C. The smallest absolute Gasteiger partial charge is 0.226 e. The van der Waals surface area contributed by atoms with Crippen molar-refractivity contribution < 1.29 is 4.79 Å². The molecule has 0 saturated carbocycles. The average Bonchev–Trinajstić information content (AvgIpc) is 2.45. The van der Waals surface area contributed by atoms with Gasteiger partial charge in [-0.1, -0.05) is 29.3 Å². The van der Waals surface area contributed by atoms with E-state index in [9.17, 15) is 4.79 Å². The van der Waals surface area contributed by atoms with Crippen molar-refractivity contribution in [1.29, 1.82) is 0 Å². The van der Waals surface area contributed by atoms with E-state index < -0.39 is 0 Å². The molecule has 0 aliphatic heterocycles. The van der Waals surface area contributed by atoms with Crippen LogP contribution in [0, 0.1) is 13.8 Å². The van der Waals surface area contributed by atoms with Crippen LogP contribution >= 0.6 is 23.2 Å². The van der Waals surface area contributed by atoms with Crippen molar-refractivity contribution in [2.24, 2.45) is 0 Å². The van der Waals surface area contributed by atoms with E-state index in [0.29, 0.717) is 23.0 Å². The molecule has 0 aliphatic carbocycles. The number of anilines is 2. The Morgan fingerprint density at radius 3 is 2.50 bits per heavy atom. The number of rotatable bonds is 5. The van der Waals surface area contributed by atoms with Crippen LogP contribution in [0.2, 0.25) is 10.0 Å². The van der Waals surface area contributed by atoms with E-state index in [1.807, 2.05) is 32.0 Å². The Kier molecular flexibility index (Phi) is 5.69. The quantitative estimate of drug-likeness (QED) is 0.801. The van der Waals surface area contributed by atoms with Crippen LogP contribution in [0.25, 0.3) is 0 Å². The zero-order valence-electron chi connectivity index (χ0n) is 12.5. The van der Waals surface area contributed by atoms with Crippen LogP contribution in [0.3, 0.4) is 0 Å². The first-order valence-electron chi connectivity index (χ1n) is 7.02. The van der Waals surface area contributed by atoms with Gasteiger partial charge in [0, 0.05) is 23.7 Å². The second-order valence-electron chi connectivity index (χ2n) is 5.15. The molecule has 22 heavy (non-hydrogen) atoms. The molecule has 2 aromatic rings. The third kappa shape index (κ3) is 4.65. The lowest BCUT2D eigenvalue weighted by Crippen LogP contribution is -2.16. The summed E-state index contributed by atoms with van der Waals surface area (Å²) >= 11 is 11.9. The number of nitrogens with one attached hydrogen (secondary N) is 2. The minimum atomic E-state index is -0.0409. The van der Waals surface area contributed by atoms with Crippen molar-refractivity contribution in [2.45, 2.75) is 20.3 Å². The molecule has 0 radical (unpaired) electrons. The molecule has 2 N–H and O–H groups in total. The molecular weight excluding hydrogens is 319 g/mol. The largest absolute Gasteiger partial charge is 0.383 e. The van der Waals surface area contributed by atoms with Crippen molar-refractivity contribution in [3.05, 3.63) is 57.6 Å². The van der Waals surface area contributed by atoms with Crippen molar-refractivity contribution in [3.8, 4) is 0 Å². The van der Waals surface area contributed by atoms with Crippen LogP contribution in [0.4, 0.5) is 11.4 Å². The van der Waals surface area contributed by atoms with Crippen LogP contribution in [0.1, 0.15) is 17.5 Å². The number of halogens is 2. The van der Waals surface area contributed by atoms with E-state index in [4.69, 9.17) is 23.2 Å². The highest BCUT2D eigenvalue weighted by Gasteiger charge is 2.05. The molecule has 2 aromatic carbocycles. The average molecular weight is 337 g/mol. The molecule has 0 aromatic heterocycles. The molecule has 116 valence electrons. The van der Waals surface area contributed by atoms with Crippen molar-refractivity contribution in [2.75, 3.05) is 17.2 Å². The maximum absolute atomic E-state index is 11.9. The Morgan fingerprint density at radius 1 is 1.05 bits per heavy atom. The third-order valence-corrected chi connectivity index (χ3v) is 3.94. The van der Waals surface area contributed by atoms with Crippen molar-refractivity contribution in [1.82, 2.24) is 0 Å². The highest BCUT2D eigenvalue weighted by atomic mass is 35.5. The maximum atomic E-state index is 11.9. The van der Waals surface area contributed by atoms with Crippen LogP contribution in [0.15, 0.2) is 36.4 Å². The van der Waals surface area contributed by atoms with E-state index in [0.717, 1.165) is 16.9 Å². The molecule has 0 saturated heterocycles. The van der Waals surface area contributed by atoms with Crippen LogP contribution < -0.4 is 10.6 Å². The summed E-state index contributed by atoms with van der Waals surface area (Å²) in [5, 5.41) is 7.14. The summed E-state index contributed by atoms with van der Waals surface area (Å²) in [6, 6.07) is 11.1. The fraction of sp³-hybridized carbons (Fsp3) is 0.235. The van der Waals surface area contributed by atoms with Crippen molar-refractivity contribution >= 4 is 40.5 Å². The Hall–Kier alpha value is -1.71. The minimum Gasteiger partial charge on any atom is -0.383 e. The van der Waals surface area contributed by atoms with Gasteiger partial charge in [0.15, 0.2) is 0 Å². The summed E-state index contributed by atoms with van der Waals surface area (Å²) in [6.07, 6.45) is 0.353. The summed E-state index contributed by atoms with van der Waals surface area (Å²) in [5.74, 6) is -0.0409. The van der Waals surface area contributed by atoms with E-state index in [-0.39, 0.29) is 5.91 Å². The van der Waals surface area contributed by atoms with Gasteiger partial charge in [0.05, 0.1) is 10.7 Å². The van der Waals surface area contributed by atoms with Gasteiger partial charge in [-0.3, -0.25) is 4.79 Å². The Balaban J connectivity index is 1.83. The molecule has 3 nitrogen and oxygen atoms in total. The number of aryl methyl sites for hydroxylation is 2. The molecule has 2 rings (SSSR count). The molecule has 0 aliphatic rings. The molecular formula is C17H18Cl2N2O. The van der Waals surface area contributed by atoms with Gasteiger partial charge in [-0.15, -0.1) is 0 Å². The van der Waals surface area contributed by atoms with Crippen LogP contribution in [0.5, 0.6) is 0 Å². The first-order valence-corrected chi connectivity index (χ1v) is 7.77. The predicted octanol–water partition coefficient (Wildman–Crippen LogP) is 5.05. The van der Waals surface area contributed by atoms with Crippen molar-refractivity contribution in [3.63, 3.8) is 0 Å². The fourth-order valence-electron chi connectivity index (χ4n) is 1.99. The highest BCUT2D eigenvalue weighted by Crippen LogP contribution is 2.25. The molecule has 0 heterocycles. The van der Waals surface area contributed by atoms with Gasteiger partial charge in [-0.05, 0) is 55.3 Å². The molecule has 0 atom stereocenters. The Bertz CT molecular complexity index is 686. The molecule has 5 heteroatoms. The first-order chi connectivity index (χ1) is 10.5. The standard InChI is InChI=1S/C17H18Cl2N2O/c1-11-3-5-14(9-12(11)2)21-17(22)7-8-20-16-6-4-13(18)10-15(16)19/h3-6,9-10,20H,7-8H2,1-2H3,(H,21,22). The van der Waals surface area contributed by atoms with Gasteiger partial charge >= 0.3 is 0 Å². The summed E-state index contributed by atoms with van der Waals surface area (Å²) in [4.78, 5) is 11.9. The number of carbonyl (C=O) groups excluding carboxylic acids is 1. The summed E-state index contributed by atoms with van der Waals surface area (Å²) in [5.41, 5.74) is 3.95. The number of hydrogen-bond acceptors (Lipinski definition) is 2. The monoisotopic (exact) mass is 336 g/mol. The van der Waals surface area contributed by atoms with E-state index >= 15 is 0 Å². The number of benzene rings is 2. The van der Waals surface area contributed by atoms with Crippen LogP contribution in [-0.4, -0.2) is 12.5 Å². The van der Waals surface area contributed by atoms with Gasteiger partial charge in [0.1, 0.15) is 0 Å². The van der Waals surface area contributed by atoms with Gasteiger partial charge in [-0.25, -0.2) is 0 Å². The highest BCUT2D eigenvalue weighted by molar-refractivity contribution is 6.36. The molecule has 1 amide bonds. The lowest BCUT2D eigenvalue weighted by Gasteiger charge is -2.10. The fourth-order valence-corrected chi connectivity index (χ4v) is 2.46. The molecule has 0 fully saturated rings. The second kappa shape index (κ2) is 7.52. The zero-order valence-corrected chi connectivity index (χ0v) is 14.1. The molecule has 0 spiro atoms. The predicted molar refractivity (Wildman–Crippen MR) is 94.1 cm³/mol. The maximum Gasteiger partial charge on any atom is 0.226 e. The first kappa shape index (κ1) is 16.7. The van der Waals surface area contributed by atoms with Gasteiger partial charge < -0.3 is 10.6 Å². The summed E-state index contributed by atoms with van der Waals surface area (Å²) < 4.78 is 0. The molecule has 0 unspecified atom stereocenters. The van der Waals surface area contributed by atoms with E-state index in [2.05, 4.69) is 10.6 Å². The van der Waals surface area contributed by atoms with Gasteiger partial charge in [-0.2, -0.15) is 0 Å². The second-order valence-corrected chi connectivity index (χ2v) is 5.99. The van der Waals surface area contributed by atoms with Crippen LogP contribution in [-0.2, 0) is 4.79 Å². The van der Waals surface area contributed by atoms with E-state index in [1.54, 1.807) is 18.2 Å².